The van der Waals surface area contributed by atoms with Crippen molar-refractivity contribution in [3.8, 4) is 11.5 Å². The first-order valence-corrected chi connectivity index (χ1v) is 11.4. The maximum absolute atomic E-state index is 12.9. The zero-order valence-electron chi connectivity index (χ0n) is 19.8. The molecule has 0 aromatic heterocycles. The Labute approximate surface area is 196 Å². The summed E-state index contributed by atoms with van der Waals surface area (Å²) < 4.78 is 16.2. The molecule has 3 rings (SSSR count). The van der Waals surface area contributed by atoms with Crippen molar-refractivity contribution in [2.45, 2.75) is 38.9 Å². The van der Waals surface area contributed by atoms with E-state index in [1.807, 2.05) is 58.3 Å². The van der Waals surface area contributed by atoms with Crippen LogP contribution in [0.3, 0.4) is 0 Å². The van der Waals surface area contributed by atoms with E-state index in [9.17, 15) is 9.59 Å². The number of ether oxygens (including phenoxy) is 3. The van der Waals surface area contributed by atoms with Crippen molar-refractivity contribution in [2.75, 3.05) is 40.4 Å². The molecule has 0 bridgehead atoms. The highest BCUT2D eigenvalue weighted by molar-refractivity contribution is 5.81. The Morgan fingerprint density at radius 1 is 0.879 bits per heavy atom. The van der Waals surface area contributed by atoms with Crippen LogP contribution < -0.4 is 9.47 Å². The van der Waals surface area contributed by atoms with Crippen LogP contribution in [0.15, 0.2) is 48.5 Å². The summed E-state index contributed by atoms with van der Waals surface area (Å²) in [5.41, 5.74) is 2.07. The number of aryl methyl sites for hydroxylation is 1. The Hall–Kier alpha value is -3.06. The van der Waals surface area contributed by atoms with Gasteiger partial charge < -0.3 is 24.0 Å². The lowest BCUT2D eigenvalue weighted by Crippen LogP contribution is -2.42. The van der Waals surface area contributed by atoms with E-state index in [4.69, 9.17) is 14.2 Å². The van der Waals surface area contributed by atoms with E-state index in [0.29, 0.717) is 45.6 Å². The first kappa shape index (κ1) is 24.6. The van der Waals surface area contributed by atoms with E-state index >= 15 is 0 Å². The minimum absolute atomic E-state index is 0.0366. The van der Waals surface area contributed by atoms with Gasteiger partial charge in [0.05, 0.1) is 20.8 Å². The van der Waals surface area contributed by atoms with E-state index in [0.717, 1.165) is 29.0 Å². The van der Waals surface area contributed by atoms with Gasteiger partial charge in [-0.1, -0.05) is 24.3 Å². The molecule has 0 aliphatic carbocycles. The second-order valence-electron chi connectivity index (χ2n) is 8.21. The van der Waals surface area contributed by atoms with Gasteiger partial charge in [-0.25, -0.2) is 0 Å². The minimum atomic E-state index is -0.548. The van der Waals surface area contributed by atoms with E-state index in [2.05, 4.69) is 0 Å². The van der Waals surface area contributed by atoms with Gasteiger partial charge in [0.1, 0.15) is 17.6 Å². The lowest BCUT2D eigenvalue weighted by molar-refractivity contribution is -0.143. The monoisotopic (exact) mass is 454 g/mol. The number of benzene rings is 2. The normalized spacial score (nSPS) is 15.0. The Kier molecular flexibility index (Phi) is 9.13. The molecule has 33 heavy (non-hydrogen) atoms. The Bertz CT molecular complexity index is 915. The largest absolute Gasteiger partial charge is 0.497 e. The summed E-state index contributed by atoms with van der Waals surface area (Å²) in [5.74, 6) is 1.66. The Morgan fingerprint density at radius 2 is 1.58 bits per heavy atom. The summed E-state index contributed by atoms with van der Waals surface area (Å²) in [4.78, 5) is 29.3. The number of nitrogens with zero attached hydrogens (tertiary/aromatic N) is 2. The van der Waals surface area contributed by atoms with Crippen molar-refractivity contribution < 1.29 is 23.8 Å². The molecule has 1 atom stereocenters. The van der Waals surface area contributed by atoms with E-state index in [1.54, 1.807) is 21.1 Å². The lowest BCUT2D eigenvalue weighted by atomic mass is 10.1. The van der Waals surface area contributed by atoms with Gasteiger partial charge in [0, 0.05) is 32.6 Å². The zero-order valence-corrected chi connectivity index (χ0v) is 19.8. The van der Waals surface area contributed by atoms with Crippen molar-refractivity contribution in [3.05, 3.63) is 59.7 Å². The third-order valence-electron chi connectivity index (χ3n) is 5.93. The highest BCUT2D eigenvalue weighted by Gasteiger charge is 2.25. The molecule has 2 aromatic rings. The number of methoxy groups -OCH3 is 2. The number of carbonyl (C=O) groups excluding carboxylic acids is 2. The summed E-state index contributed by atoms with van der Waals surface area (Å²) in [6.45, 7) is 4.51. The fraction of sp³-hybridized carbons (Fsp3) is 0.462. The van der Waals surface area contributed by atoms with Crippen LogP contribution in [0.5, 0.6) is 11.5 Å². The van der Waals surface area contributed by atoms with Gasteiger partial charge in [-0.05, 0) is 55.2 Å². The van der Waals surface area contributed by atoms with Crippen molar-refractivity contribution in [3.63, 3.8) is 0 Å². The maximum Gasteiger partial charge on any atom is 0.251 e. The topological polar surface area (TPSA) is 68.3 Å². The average Bonchev–Trinajstić information content (AvgIpc) is 3.12. The number of amides is 2. The molecule has 1 aliphatic rings. The molecule has 1 saturated heterocycles. The van der Waals surface area contributed by atoms with Crippen LogP contribution in [-0.2, 0) is 27.4 Å². The summed E-state index contributed by atoms with van der Waals surface area (Å²) in [6, 6.07) is 15.4. The van der Waals surface area contributed by atoms with Crippen LogP contribution in [0.4, 0.5) is 0 Å². The summed E-state index contributed by atoms with van der Waals surface area (Å²) in [5, 5.41) is 0. The summed E-state index contributed by atoms with van der Waals surface area (Å²) in [6.07, 6.45) is 1.37. The molecule has 0 N–H and O–H groups in total. The van der Waals surface area contributed by atoms with Gasteiger partial charge in [0.2, 0.25) is 5.91 Å². The van der Waals surface area contributed by atoms with Gasteiger partial charge in [0.25, 0.3) is 5.91 Å². The summed E-state index contributed by atoms with van der Waals surface area (Å²) >= 11 is 0. The highest BCUT2D eigenvalue weighted by atomic mass is 16.5. The number of hydrogen-bond donors (Lipinski definition) is 0. The first-order valence-electron chi connectivity index (χ1n) is 11.4. The minimum Gasteiger partial charge on any atom is -0.497 e. The zero-order chi connectivity index (χ0) is 23.6. The molecule has 7 heteroatoms. The Morgan fingerprint density at radius 3 is 2.30 bits per heavy atom. The van der Waals surface area contributed by atoms with Crippen molar-refractivity contribution >= 4 is 11.8 Å². The fourth-order valence-corrected chi connectivity index (χ4v) is 3.90. The predicted octanol–water partition coefficient (Wildman–Crippen LogP) is 3.30. The Balaban J connectivity index is 1.44. The molecule has 2 amide bonds. The van der Waals surface area contributed by atoms with Gasteiger partial charge in [-0.15, -0.1) is 0 Å². The van der Waals surface area contributed by atoms with Crippen molar-refractivity contribution in [1.82, 2.24) is 9.80 Å². The van der Waals surface area contributed by atoms with Crippen molar-refractivity contribution in [2.24, 2.45) is 0 Å². The van der Waals surface area contributed by atoms with E-state index in [1.165, 1.54) is 0 Å². The van der Waals surface area contributed by atoms with Crippen molar-refractivity contribution in [1.29, 1.82) is 0 Å². The molecule has 0 saturated carbocycles. The molecule has 1 fully saturated rings. The van der Waals surface area contributed by atoms with Crippen LogP contribution in [0, 0.1) is 0 Å². The molecule has 178 valence electrons. The smallest absolute Gasteiger partial charge is 0.251 e. The van der Waals surface area contributed by atoms with E-state index in [-0.39, 0.29) is 11.8 Å². The van der Waals surface area contributed by atoms with Crippen LogP contribution in [0.25, 0.3) is 0 Å². The lowest BCUT2D eigenvalue weighted by Gasteiger charge is -2.25. The van der Waals surface area contributed by atoms with Crippen LogP contribution >= 0.6 is 0 Å². The maximum atomic E-state index is 12.9. The second-order valence-corrected chi connectivity index (χ2v) is 8.21. The third kappa shape index (κ3) is 7.22. The van der Waals surface area contributed by atoms with Gasteiger partial charge in [-0.3, -0.25) is 9.59 Å². The first-order chi connectivity index (χ1) is 16.0. The molecular formula is C26H34N2O5. The SMILES string of the molecule is COc1ccc(CCC(=O)N2CCCN(C(=O)C(C)OCc3cccc(OC)c3)CC2)cc1. The fourth-order valence-electron chi connectivity index (χ4n) is 3.90. The quantitative estimate of drug-likeness (QED) is 0.582. The predicted molar refractivity (Wildman–Crippen MR) is 126 cm³/mol. The molecule has 1 heterocycles. The van der Waals surface area contributed by atoms with Crippen LogP contribution in [0.2, 0.25) is 0 Å². The van der Waals surface area contributed by atoms with Crippen LogP contribution in [0.1, 0.15) is 30.9 Å². The van der Waals surface area contributed by atoms with E-state index < -0.39 is 6.10 Å². The standard InChI is InChI=1S/C26H34N2O5/c1-20(33-19-22-6-4-7-24(18-22)32-3)26(30)28-15-5-14-27(16-17-28)25(29)13-10-21-8-11-23(31-2)12-9-21/h4,6-9,11-12,18,20H,5,10,13-17,19H2,1-3H3. The molecule has 7 nitrogen and oxygen atoms in total. The molecule has 1 unspecified atom stereocenters. The number of carbonyl (C=O) groups is 2. The van der Waals surface area contributed by atoms with Gasteiger partial charge >= 0.3 is 0 Å². The number of rotatable bonds is 9. The molecule has 2 aromatic carbocycles. The molecule has 0 spiro atoms. The van der Waals surface area contributed by atoms with Gasteiger partial charge in [0.15, 0.2) is 0 Å². The van der Waals surface area contributed by atoms with Gasteiger partial charge in [-0.2, -0.15) is 0 Å². The molecule has 0 radical (unpaired) electrons. The average molecular weight is 455 g/mol. The highest BCUT2D eigenvalue weighted by Crippen LogP contribution is 2.16. The third-order valence-corrected chi connectivity index (χ3v) is 5.93. The number of hydrogen-bond acceptors (Lipinski definition) is 5. The second kappa shape index (κ2) is 12.3. The molecular weight excluding hydrogens is 420 g/mol. The molecule has 1 aliphatic heterocycles. The van der Waals surface area contributed by atoms with Crippen LogP contribution in [-0.4, -0.2) is 68.1 Å². The summed E-state index contributed by atoms with van der Waals surface area (Å²) in [7, 11) is 3.26.